The molecule has 10 nitrogen and oxygen atoms in total. The number of amides is 2. The van der Waals surface area contributed by atoms with E-state index in [4.69, 9.17) is 17.7 Å². The molecular formula is C14H31N5O5. The quantitative estimate of drug-likeness (QED) is 0.203. The van der Waals surface area contributed by atoms with E-state index in [1.54, 1.807) is 0 Å². The number of carbonyl (C=O) groups is 2. The minimum absolute atomic E-state index is 0.303. The van der Waals surface area contributed by atoms with Crippen molar-refractivity contribution in [3.05, 3.63) is 0 Å². The van der Waals surface area contributed by atoms with Crippen LogP contribution in [0.25, 0.3) is 0 Å². The van der Waals surface area contributed by atoms with Gasteiger partial charge in [0.05, 0.1) is 19.8 Å². The smallest absolute Gasteiger partial charge is 0.312 e. The SMILES string of the molecule is CCCN(CCCON)C(=O)C(=O)N(CCCON)CCCON. The molecule has 6 N–H and O–H groups in total. The van der Waals surface area contributed by atoms with Gasteiger partial charge in [-0.3, -0.25) is 9.59 Å². The van der Waals surface area contributed by atoms with E-state index in [0.717, 1.165) is 6.42 Å². The molecule has 0 radical (unpaired) electrons. The molecule has 0 spiro atoms. The second kappa shape index (κ2) is 15.2. The monoisotopic (exact) mass is 349 g/mol. The second-order valence-electron chi connectivity index (χ2n) is 5.26. The van der Waals surface area contributed by atoms with E-state index in [0.29, 0.717) is 65.3 Å². The number of rotatable bonds is 14. The van der Waals surface area contributed by atoms with Crippen molar-refractivity contribution in [2.75, 3.05) is 46.0 Å². The number of nitrogens with zero attached hydrogens (tertiary/aromatic N) is 2. The van der Waals surface area contributed by atoms with Crippen molar-refractivity contribution in [3.8, 4) is 0 Å². The first-order valence-electron chi connectivity index (χ1n) is 8.15. The number of hydrogen-bond donors (Lipinski definition) is 3. The Morgan fingerprint density at radius 3 is 1.33 bits per heavy atom. The molecule has 24 heavy (non-hydrogen) atoms. The second-order valence-corrected chi connectivity index (χ2v) is 5.26. The molecule has 0 aliphatic rings. The van der Waals surface area contributed by atoms with Gasteiger partial charge in [0.25, 0.3) is 0 Å². The van der Waals surface area contributed by atoms with Crippen LogP contribution in [0.1, 0.15) is 32.6 Å². The minimum Gasteiger partial charge on any atom is -0.334 e. The van der Waals surface area contributed by atoms with Gasteiger partial charge in [-0.25, -0.2) is 17.7 Å². The Labute approximate surface area is 143 Å². The third-order valence-corrected chi connectivity index (χ3v) is 3.32. The largest absolute Gasteiger partial charge is 0.334 e. The number of hydrogen-bond acceptors (Lipinski definition) is 8. The Balaban J connectivity index is 4.73. The van der Waals surface area contributed by atoms with Gasteiger partial charge in [0.2, 0.25) is 0 Å². The highest BCUT2D eigenvalue weighted by Crippen LogP contribution is 2.03. The van der Waals surface area contributed by atoms with E-state index < -0.39 is 11.8 Å². The van der Waals surface area contributed by atoms with Crippen molar-refractivity contribution in [2.45, 2.75) is 32.6 Å². The van der Waals surface area contributed by atoms with Crippen molar-refractivity contribution in [1.29, 1.82) is 0 Å². The molecule has 10 heteroatoms. The van der Waals surface area contributed by atoms with Crippen LogP contribution in [0, 0.1) is 0 Å². The summed E-state index contributed by atoms with van der Waals surface area (Å²) in [6, 6.07) is 0. The van der Waals surface area contributed by atoms with Gasteiger partial charge in [-0.15, -0.1) is 0 Å². The lowest BCUT2D eigenvalue weighted by atomic mass is 10.3. The van der Waals surface area contributed by atoms with Gasteiger partial charge in [0.1, 0.15) is 0 Å². The van der Waals surface area contributed by atoms with E-state index in [9.17, 15) is 9.59 Å². The van der Waals surface area contributed by atoms with Crippen LogP contribution in [0.15, 0.2) is 0 Å². The van der Waals surface area contributed by atoms with E-state index in [2.05, 4.69) is 14.5 Å². The summed E-state index contributed by atoms with van der Waals surface area (Å²) in [5, 5.41) is 0. The molecule has 0 bridgehead atoms. The Hall–Kier alpha value is -1.30. The maximum atomic E-state index is 12.5. The Morgan fingerprint density at radius 1 is 0.708 bits per heavy atom. The van der Waals surface area contributed by atoms with Gasteiger partial charge in [0.15, 0.2) is 0 Å². The Kier molecular flexibility index (Phi) is 14.4. The lowest BCUT2D eigenvalue weighted by molar-refractivity contribution is -0.152. The Bertz CT molecular complexity index is 336. The summed E-state index contributed by atoms with van der Waals surface area (Å²) in [5.41, 5.74) is 0. The van der Waals surface area contributed by atoms with Gasteiger partial charge < -0.3 is 24.3 Å². The average Bonchev–Trinajstić information content (AvgIpc) is 2.59. The van der Waals surface area contributed by atoms with Crippen LogP contribution in [0.3, 0.4) is 0 Å². The summed E-state index contributed by atoms with van der Waals surface area (Å²) in [4.78, 5) is 41.5. The van der Waals surface area contributed by atoms with E-state index >= 15 is 0 Å². The third-order valence-electron chi connectivity index (χ3n) is 3.32. The van der Waals surface area contributed by atoms with Crippen molar-refractivity contribution >= 4 is 11.8 Å². The molecule has 0 aromatic heterocycles. The fraction of sp³-hybridized carbons (Fsp3) is 0.857. The fourth-order valence-electron chi connectivity index (χ4n) is 2.19. The first-order chi connectivity index (χ1) is 11.6. The molecule has 2 amide bonds. The molecule has 0 aliphatic carbocycles. The highest BCUT2D eigenvalue weighted by molar-refractivity contribution is 6.34. The topological polar surface area (TPSA) is 146 Å². The van der Waals surface area contributed by atoms with Crippen LogP contribution in [0.5, 0.6) is 0 Å². The summed E-state index contributed by atoms with van der Waals surface area (Å²) in [6.45, 7) is 4.54. The maximum absolute atomic E-state index is 12.5. The number of nitrogens with two attached hydrogens (primary N) is 3. The molecule has 0 saturated heterocycles. The van der Waals surface area contributed by atoms with Gasteiger partial charge in [-0.2, -0.15) is 0 Å². The molecule has 0 aliphatic heterocycles. The molecule has 0 saturated carbocycles. The van der Waals surface area contributed by atoms with Crippen LogP contribution in [-0.4, -0.2) is 67.6 Å². The van der Waals surface area contributed by atoms with Gasteiger partial charge in [0, 0.05) is 26.2 Å². The third kappa shape index (κ3) is 9.75. The van der Waals surface area contributed by atoms with Crippen LogP contribution in [-0.2, 0) is 24.1 Å². The number of carbonyl (C=O) groups excluding carboxylic acids is 2. The van der Waals surface area contributed by atoms with Crippen molar-refractivity contribution in [2.24, 2.45) is 17.7 Å². The lowest BCUT2D eigenvalue weighted by Gasteiger charge is -2.27. The van der Waals surface area contributed by atoms with Gasteiger partial charge in [-0.1, -0.05) is 6.92 Å². The molecule has 142 valence electrons. The summed E-state index contributed by atoms with van der Waals surface area (Å²) in [6.07, 6.45) is 2.39. The normalized spacial score (nSPS) is 10.7. The minimum atomic E-state index is -0.550. The van der Waals surface area contributed by atoms with Crippen molar-refractivity contribution in [3.63, 3.8) is 0 Å². The molecule has 0 heterocycles. The summed E-state index contributed by atoms with van der Waals surface area (Å²) in [5.74, 6) is 13.9. The molecule has 0 atom stereocenters. The standard InChI is InChI=1S/C14H31N5O5/c1-2-6-18(7-3-10-22-15)13(20)14(21)19(8-4-11-23-16)9-5-12-24-17/h2-12,15-17H2,1H3. The zero-order valence-corrected chi connectivity index (χ0v) is 14.4. The average molecular weight is 349 g/mol. The zero-order valence-electron chi connectivity index (χ0n) is 14.4. The Morgan fingerprint density at radius 2 is 1.04 bits per heavy atom. The molecular weight excluding hydrogens is 318 g/mol. The summed E-state index contributed by atoms with van der Waals surface area (Å²) in [7, 11) is 0. The molecule has 0 rings (SSSR count). The van der Waals surface area contributed by atoms with E-state index in [-0.39, 0.29) is 0 Å². The lowest BCUT2D eigenvalue weighted by Crippen LogP contribution is -2.47. The van der Waals surface area contributed by atoms with Crippen molar-refractivity contribution in [1.82, 2.24) is 9.80 Å². The predicted molar refractivity (Wildman–Crippen MR) is 87.7 cm³/mol. The molecule has 0 fully saturated rings. The first kappa shape index (κ1) is 22.7. The predicted octanol–water partition coefficient (Wildman–Crippen LogP) is -1.11. The highest BCUT2D eigenvalue weighted by atomic mass is 16.6. The van der Waals surface area contributed by atoms with Crippen molar-refractivity contribution < 1.29 is 24.1 Å². The maximum Gasteiger partial charge on any atom is 0.312 e. The first-order valence-corrected chi connectivity index (χ1v) is 8.15. The molecule has 0 unspecified atom stereocenters. The zero-order chi connectivity index (χ0) is 18.2. The van der Waals surface area contributed by atoms with Crippen LogP contribution in [0.4, 0.5) is 0 Å². The van der Waals surface area contributed by atoms with Gasteiger partial charge >= 0.3 is 11.8 Å². The van der Waals surface area contributed by atoms with Gasteiger partial charge in [-0.05, 0) is 25.7 Å². The molecule has 0 aromatic carbocycles. The fourth-order valence-corrected chi connectivity index (χ4v) is 2.19. The van der Waals surface area contributed by atoms with E-state index in [1.807, 2.05) is 6.92 Å². The van der Waals surface area contributed by atoms with Crippen LogP contribution < -0.4 is 17.7 Å². The summed E-state index contributed by atoms with van der Waals surface area (Å²) < 4.78 is 0. The van der Waals surface area contributed by atoms with Crippen LogP contribution in [0.2, 0.25) is 0 Å². The van der Waals surface area contributed by atoms with E-state index in [1.165, 1.54) is 9.80 Å². The van der Waals surface area contributed by atoms with Crippen LogP contribution >= 0.6 is 0 Å². The summed E-state index contributed by atoms with van der Waals surface area (Å²) >= 11 is 0. The highest BCUT2D eigenvalue weighted by Gasteiger charge is 2.26. The molecule has 0 aromatic rings.